The van der Waals surface area contributed by atoms with Crippen molar-refractivity contribution >= 4 is 11.6 Å². The summed E-state index contributed by atoms with van der Waals surface area (Å²) in [6.07, 6.45) is 2.73. The number of aliphatic imine (C=N–C) groups is 1. The molecule has 0 aliphatic carbocycles. The van der Waals surface area contributed by atoms with Crippen LogP contribution in [0.4, 0.5) is 5.69 Å². The first-order chi connectivity index (χ1) is 12.3. The van der Waals surface area contributed by atoms with Gasteiger partial charge < -0.3 is 20.0 Å². The number of benzene rings is 1. The zero-order valence-corrected chi connectivity index (χ0v) is 16.8. The second-order valence-corrected chi connectivity index (χ2v) is 7.53. The summed E-state index contributed by atoms with van der Waals surface area (Å²) in [5.41, 5.74) is 2.47. The van der Waals surface area contributed by atoms with Crippen LogP contribution in [0.25, 0.3) is 0 Å². The second-order valence-electron chi connectivity index (χ2n) is 7.53. The van der Waals surface area contributed by atoms with E-state index in [2.05, 4.69) is 70.5 Å². The molecule has 2 N–H and O–H groups in total. The summed E-state index contributed by atoms with van der Waals surface area (Å²) in [5.74, 6) is 2.29. The molecule has 0 atom stereocenters. The first kappa shape index (κ1) is 19.8. The molecule has 0 aliphatic heterocycles. The molecular formula is C20H31N5O. The molecule has 1 heterocycles. The topological polar surface area (TPSA) is 65.7 Å². The van der Waals surface area contributed by atoms with E-state index in [1.54, 1.807) is 13.2 Å². The monoisotopic (exact) mass is 357 g/mol. The number of oxazole rings is 1. The zero-order valence-electron chi connectivity index (χ0n) is 16.8. The molecule has 0 aliphatic rings. The van der Waals surface area contributed by atoms with Gasteiger partial charge in [-0.15, -0.1) is 0 Å². The van der Waals surface area contributed by atoms with Crippen LogP contribution in [0.1, 0.15) is 38.0 Å². The SMILES string of the molecule is CN=C(NCCc1ccc(N(C)C)cc1)NCc1ncc(C(C)(C)C)o1. The van der Waals surface area contributed by atoms with Crippen LogP contribution in [0, 0.1) is 0 Å². The Morgan fingerprint density at radius 3 is 2.38 bits per heavy atom. The Kier molecular flexibility index (Phi) is 6.66. The van der Waals surface area contributed by atoms with Gasteiger partial charge in [-0.1, -0.05) is 32.9 Å². The van der Waals surface area contributed by atoms with Gasteiger partial charge in [0.15, 0.2) is 5.96 Å². The van der Waals surface area contributed by atoms with Gasteiger partial charge in [-0.25, -0.2) is 4.98 Å². The van der Waals surface area contributed by atoms with Crippen molar-refractivity contribution in [2.75, 3.05) is 32.6 Å². The van der Waals surface area contributed by atoms with Gasteiger partial charge in [0.05, 0.1) is 12.7 Å². The summed E-state index contributed by atoms with van der Waals surface area (Å²) in [7, 11) is 5.85. The third-order valence-corrected chi connectivity index (χ3v) is 4.08. The Labute approximate surface area is 156 Å². The summed E-state index contributed by atoms with van der Waals surface area (Å²) >= 11 is 0. The van der Waals surface area contributed by atoms with Crippen LogP contribution in [-0.4, -0.2) is 38.6 Å². The lowest BCUT2D eigenvalue weighted by atomic mass is 9.94. The highest BCUT2D eigenvalue weighted by Crippen LogP contribution is 2.22. The fraction of sp³-hybridized carbons (Fsp3) is 0.500. The van der Waals surface area contributed by atoms with Crippen molar-refractivity contribution in [3.63, 3.8) is 0 Å². The van der Waals surface area contributed by atoms with Crippen LogP contribution in [0.5, 0.6) is 0 Å². The van der Waals surface area contributed by atoms with Crippen LogP contribution in [0.3, 0.4) is 0 Å². The molecule has 0 fully saturated rings. The van der Waals surface area contributed by atoms with Crippen LogP contribution >= 0.6 is 0 Å². The highest BCUT2D eigenvalue weighted by Gasteiger charge is 2.19. The summed E-state index contributed by atoms with van der Waals surface area (Å²) in [6.45, 7) is 7.63. The van der Waals surface area contributed by atoms with Crippen molar-refractivity contribution in [2.24, 2.45) is 4.99 Å². The van der Waals surface area contributed by atoms with E-state index in [1.807, 2.05) is 14.1 Å². The summed E-state index contributed by atoms with van der Waals surface area (Å²) in [5, 5.41) is 6.56. The molecule has 0 amide bonds. The molecule has 6 heteroatoms. The van der Waals surface area contributed by atoms with Crippen molar-refractivity contribution < 1.29 is 4.42 Å². The first-order valence-corrected chi connectivity index (χ1v) is 8.95. The highest BCUT2D eigenvalue weighted by molar-refractivity contribution is 5.79. The summed E-state index contributed by atoms with van der Waals surface area (Å²) in [4.78, 5) is 10.7. The first-order valence-electron chi connectivity index (χ1n) is 8.95. The molecule has 26 heavy (non-hydrogen) atoms. The van der Waals surface area contributed by atoms with Gasteiger partial charge in [0.2, 0.25) is 5.89 Å². The molecule has 6 nitrogen and oxygen atoms in total. The number of aromatic nitrogens is 1. The number of nitrogens with zero attached hydrogens (tertiary/aromatic N) is 3. The Bertz CT molecular complexity index is 711. The fourth-order valence-electron chi connectivity index (χ4n) is 2.40. The largest absolute Gasteiger partial charge is 0.443 e. The highest BCUT2D eigenvalue weighted by atomic mass is 16.4. The second kappa shape index (κ2) is 8.74. The molecular weight excluding hydrogens is 326 g/mol. The minimum absolute atomic E-state index is 0.0344. The molecule has 2 rings (SSSR count). The van der Waals surface area contributed by atoms with E-state index < -0.39 is 0 Å². The van der Waals surface area contributed by atoms with Gasteiger partial charge in [-0.2, -0.15) is 0 Å². The molecule has 142 valence electrons. The fourth-order valence-corrected chi connectivity index (χ4v) is 2.40. The van der Waals surface area contributed by atoms with Crippen molar-refractivity contribution in [3.8, 4) is 0 Å². The van der Waals surface area contributed by atoms with Crippen LogP contribution < -0.4 is 15.5 Å². The van der Waals surface area contributed by atoms with E-state index in [9.17, 15) is 0 Å². The lowest BCUT2D eigenvalue weighted by Gasteiger charge is -2.14. The third-order valence-electron chi connectivity index (χ3n) is 4.08. The number of rotatable bonds is 6. The zero-order chi connectivity index (χ0) is 19.2. The van der Waals surface area contributed by atoms with Gasteiger partial charge in [-0.3, -0.25) is 4.99 Å². The molecule has 0 radical (unpaired) electrons. The molecule has 0 saturated carbocycles. The van der Waals surface area contributed by atoms with E-state index >= 15 is 0 Å². The quantitative estimate of drug-likeness (QED) is 0.615. The molecule has 1 aromatic heterocycles. The van der Waals surface area contributed by atoms with E-state index in [-0.39, 0.29) is 5.41 Å². The maximum Gasteiger partial charge on any atom is 0.213 e. The molecule has 0 saturated heterocycles. The molecule has 0 spiro atoms. The Hall–Kier alpha value is -2.50. The smallest absolute Gasteiger partial charge is 0.213 e. The Morgan fingerprint density at radius 1 is 1.15 bits per heavy atom. The van der Waals surface area contributed by atoms with Gasteiger partial charge in [0.1, 0.15) is 5.76 Å². The number of hydrogen-bond acceptors (Lipinski definition) is 4. The minimum Gasteiger partial charge on any atom is -0.443 e. The van der Waals surface area contributed by atoms with E-state index in [0.29, 0.717) is 12.4 Å². The number of nitrogens with one attached hydrogen (secondary N) is 2. The van der Waals surface area contributed by atoms with Crippen LogP contribution in [-0.2, 0) is 18.4 Å². The summed E-state index contributed by atoms with van der Waals surface area (Å²) in [6, 6.07) is 8.59. The number of anilines is 1. The summed E-state index contributed by atoms with van der Waals surface area (Å²) < 4.78 is 5.79. The number of hydrogen-bond donors (Lipinski definition) is 2. The third kappa shape index (κ3) is 5.79. The number of guanidine groups is 1. The molecule has 0 unspecified atom stereocenters. The van der Waals surface area contributed by atoms with E-state index in [4.69, 9.17) is 4.42 Å². The maximum atomic E-state index is 5.79. The van der Waals surface area contributed by atoms with Crippen molar-refractivity contribution in [2.45, 2.75) is 39.2 Å². The van der Waals surface area contributed by atoms with Crippen molar-refractivity contribution in [3.05, 3.63) is 47.7 Å². The minimum atomic E-state index is -0.0344. The molecule has 0 bridgehead atoms. The average Bonchev–Trinajstić information content (AvgIpc) is 3.07. The van der Waals surface area contributed by atoms with Gasteiger partial charge in [-0.05, 0) is 24.1 Å². The van der Waals surface area contributed by atoms with Gasteiger partial charge in [0.25, 0.3) is 0 Å². The van der Waals surface area contributed by atoms with Crippen LogP contribution in [0.2, 0.25) is 0 Å². The van der Waals surface area contributed by atoms with E-state index in [1.165, 1.54) is 11.3 Å². The predicted octanol–water partition coefficient (Wildman–Crippen LogP) is 2.95. The predicted molar refractivity (Wildman–Crippen MR) is 108 cm³/mol. The normalized spacial score (nSPS) is 12.2. The lowest BCUT2D eigenvalue weighted by molar-refractivity contribution is 0.379. The Balaban J connectivity index is 1.78. The van der Waals surface area contributed by atoms with E-state index in [0.717, 1.165) is 24.7 Å². The lowest BCUT2D eigenvalue weighted by Crippen LogP contribution is -2.37. The molecule has 1 aromatic carbocycles. The van der Waals surface area contributed by atoms with Gasteiger partial charge in [0, 0.05) is 38.8 Å². The van der Waals surface area contributed by atoms with Crippen molar-refractivity contribution in [1.29, 1.82) is 0 Å². The maximum absolute atomic E-state index is 5.79. The van der Waals surface area contributed by atoms with Crippen molar-refractivity contribution in [1.82, 2.24) is 15.6 Å². The average molecular weight is 358 g/mol. The van der Waals surface area contributed by atoms with Gasteiger partial charge >= 0.3 is 0 Å². The van der Waals surface area contributed by atoms with Crippen LogP contribution in [0.15, 0.2) is 39.9 Å². The standard InChI is InChI=1S/C20H31N5O/c1-20(2,3)17-13-23-18(26-17)14-24-19(21-4)22-12-11-15-7-9-16(10-8-15)25(5)6/h7-10,13H,11-12,14H2,1-6H3,(H2,21,22,24). The Morgan fingerprint density at radius 2 is 1.85 bits per heavy atom. The molecule has 2 aromatic rings.